The van der Waals surface area contributed by atoms with Gasteiger partial charge in [-0.1, -0.05) is 0 Å². The van der Waals surface area contributed by atoms with Crippen LogP contribution in [0.25, 0.3) is 10.2 Å². The van der Waals surface area contributed by atoms with Gasteiger partial charge in [-0.05, 0) is 50.2 Å². The predicted molar refractivity (Wildman–Crippen MR) is 102 cm³/mol. The summed E-state index contributed by atoms with van der Waals surface area (Å²) in [5.41, 5.74) is -0.0949. The average molecular weight is 394 g/mol. The van der Waals surface area contributed by atoms with Crippen molar-refractivity contribution in [3.05, 3.63) is 16.2 Å². The van der Waals surface area contributed by atoms with Crippen LogP contribution in [0.1, 0.15) is 32.8 Å². The van der Waals surface area contributed by atoms with E-state index in [0.717, 1.165) is 15.8 Å². The van der Waals surface area contributed by atoms with Crippen molar-refractivity contribution in [3.63, 3.8) is 0 Å². The lowest BCUT2D eigenvalue weighted by molar-refractivity contribution is -0.00337. The molecule has 26 heavy (non-hydrogen) atoms. The Labute approximate surface area is 160 Å². The van der Waals surface area contributed by atoms with Gasteiger partial charge in [0.15, 0.2) is 0 Å². The number of rotatable bonds is 3. The van der Waals surface area contributed by atoms with E-state index >= 15 is 0 Å². The topological polar surface area (TPSA) is 91.1 Å². The smallest absolute Gasteiger partial charge is 0.410 e. The molecule has 1 aliphatic heterocycles. The molecule has 3 rings (SSSR count). The lowest BCUT2D eigenvalue weighted by Crippen LogP contribution is -2.67. The van der Waals surface area contributed by atoms with E-state index in [9.17, 15) is 10.1 Å². The minimum Gasteiger partial charge on any atom is -0.444 e. The highest BCUT2D eigenvalue weighted by Crippen LogP contribution is 2.35. The zero-order valence-electron chi connectivity index (χ0n) is 15.1. The van der Waals surface area contributed by atoms with Gasteiger partial charge in [-0.15, -0.1) is 11.3 Å². The van der Waals surface area contributed by atoms with Gasteiger partial charge < -0.3 is 15.0 Å². The van der Waals surface area contributed by atoms with Crippen LogP contribution in [0.15, 0.2) is 5.38 Å². The highest BCUT2D eigenvalue weighted by molar-refractivity contribution is 7.17. The summed E-state index contributed by atoms with van der Waals surface area (Å²) in [5.74, 6) is 0.595. The number of nitrogens with one attached hydrogen (secondary N) is 1. The molecule has 7 nitrogen and oxygen atoms in total. The molecular formula is C17H20ClN5O2S. The van der Waals surface area contributed by atoms with Crippen LogP contribution in [0.5, 0.6) is 0 Å². The van der Waals surface area contributed by atoms with Gasteiger partial charge in [0.25, 0.3) is 0 Å². The first-order valence-corrected chi connectivity index (χ1v) is 9.43. The summed E-state index contributed by atoms with van der Waals surface area (Å²) < 4.78 is 5.39. The Hall–Kier alpha value is -2.11. The number of ether oxygens (including phenoxy) is 1. The number of fused-ring (bicyclic) bond motifs is 1. The maximum Gasteiger partial charge on any atom is 0.410 e. The summed E-state index contributed by atoms with van der Waals surface area (Å²) in [4.78, 5) is 23.1. The molecule has 1 amide bonds. The van der Waals surface area contributed by atoms with Gasteiger partial charge in [-0.3, -0.25) is 0 Å². The largest absolute Gasteiger partial charge is 0.444 e. The van der Waals surface area contributed by atoms with E-state index in [0.29, 0.717) is 18.9 Å². The van der Waals surface area contributed by atoms with Gasteiger partial charge in [0, 0.05) is 13.1 Å². The minimum absolute atomic E-state index is 0.150. The van der Waals surface area contributed by atoms with Crippen molar-refractivity contribution in [3.8, 4) is 6.07 Å². The predicted octanol–water partition coefficient (Wildman–Crippen LogP) is 3.97. The Morgan fingerprint density at radius 3 is 2.81 bits per heavy atom. The summed E-state index contributed by atoms with van der Waals surface area (Å²) in [6, 6.07) is 2.19. The van der Waals surface area contributed by atoms with Crippen LogP contribution in [0.2, 0.25) is 5.28 Å². The Balaban J connectivity index is 1.83. The minimum atomic E-state index is -0.579. The number of likely N-dealkylation sites (tertiary alicyclic amines) is 1. The van der Waals surface area contributed by atoms with Crippen LogP contribution >= 0.6 is 22.9 Å². The molecule has 0 aliphatic carbocycles. The molecule has 0 radical (unpaired) electrons. The van der Waals surface area contributed by atoms with E-state index in [1.807, 2.05) is 33.1 Å². The third-order valence-electron chi connectivity index (χ3n) is 4.03. The fraction of sp³-hybridized carbons (Fsp3) is 0.529. The zero-order chi connectivity index (χ0) is 19.1. The van der Waals surface area contributed by atoms with E-state index in [-0.39, 0.29) is 17.8 Å². The fourth-order valence-electron chi connectivity index (χ4n) is 2.93. The third-order valence-corrected chi connectivity index (χ3v) is 5.19. The number of nitrogens with zero attached hydrogens (tertiary/aromatic N) is 4. The first kappa shape index (κ1) is 18.7. The molecule has 2 aromatic rings. The second-order valence-corrected chi connectivity index (χ2v) is 8.71. The molecule has 2 aromatic heterocycles. The Kier molecular flexibility index (Phi) is 4.71. The maximum absolute atomic E-state index is 12.2. The molecule has 0 unspecified atom stereocenters. The number of aryl methyl sites for hydroxylation is 1. The van der Waals surface area contributed by atoms with Gasteiger partial charge >= 0.3 is 6.09 Å². The highest BCUT2D eigenvalue weighted by atomic mass is 35.5. The van der Waals surface area contributed by atoms with Crippen molar-refractivity contribution >= 4 is 45.1 Å². The van der Waals surface area contributed by atoms with Crippen LogP contribution in [0, 0.1) is 18.3 Å². The number of halogens is 1. The molecular weight excluding hydrogens is 374 g/mol. The number of hydrogen-bond donors (Lipinski definition) is 1. The molecule has 1 aliphatic rings. The zero-order valence-corrected chi connectivity index (χ0v) is 16.7. The second-order valence-electron chi connectivity index (χ2n) is 7.52. The number of aromatic nitrogens is 2. The van der Waals surface area contributed by atoms with Crippen molar-refractivity contribution in [2.45, 2.75) is 45.3 Å². The lowest BCUT2D eigenvalue weighted by Gasteiger charge is -2.49. The van der Waals surface area contributed by atoms with Crippen molar-refractivity contribution in [1.29, 1.82) is 5.26 Å². The quantitative estimate of drug-likeness (QED) is 0.793. The molecule has 0 saturated carbocycles. The van der Waals surface area contributed by atoms with Crippen LogP contribution in [0.4, 0.5) is 10.6 Å². The molecule has 1 fully saturated rings. The van der Waals surface area contributed by atoms with Crippen molar-refractivity contribution in [2.24, 2.45) is 0 Å². The number of hydrogen-bond acceptors (Lipinski definition) is 7. The van der Waals surface area contributed by atoms with E-state index in [4.69, 9.17) is 16.3 Å². The molecule has 0 atom stereocenters. The fourth-order valence-corrected chi connectivity index (χ4v) is 4.07. The van der Waals surface area contributed by atoms with Crippen molar-refractivity contribution in [2.75, 3.05) is 18.4 Å². The number of anilines is 1. The SMILES string of the molecule is Cc1csc2nc(Cl)nc(NC3(CC#N)CN(C(=O)OC(C)(C)C)C3)c12. The summed E-state index contributed by atoms with van der Waals surface area (Å²) in [6.07, 6.45) is -0.149. The number of thiophene rings is 1. The monoisotopic (exact) mass is 393 g/mol. The molecule has 0 aromatic carbocycles. The standard InChI is InChI=1S/C17H20ClN5O2S/c1-10-7-26-13-11(10)12(20-14(18)21-13)22-17(5-6-19)8-23(9-17)15(24)25-16(2,3)4/h7H,5,8-9H2,1-4H3,(H,20,21,22). The van der Waals surface area contributed by atoms with Gasteiger partial charge in [0.2, 0.25) is 5.28 Å². The molecule has 138 valence electrons. The molecule has 0 spiro atoms. The summed E-state index contributed by atoms with van der Waals surface area (Å²) in [6.45, 7) is 8.18. The summed E-state index contributed by atoms with van der Waals surface area (Å²) in [7, 11) is 0. The van der Waals surface area contributed by atoms with Crippen molar-refractivity contribution in [1.82, 2.24) is 14.9 Å². The number of nitriles is 1. The Bertz CT molecular complexity index is 893. The highest BCUT2D eigenvalue weighted by Gasteiger charge is 2.47. The third kappa shape index (κ3) is 3.69. The van der Waals surface area contributed by atoms with Crippen LogP contribution < -0.4 is 5.32 Å². The number of carbonyl (C=O) groups is 1. The van der Waals surface area contributed by atoms with Gasteiger partial charge in [0.05, 0.1) is 23.4 Å². The maximum atomic E-state index is 12.2. The lowest BCUT2D eigenvalue weighted by atomic mass is 9.87. The van der Waals surface area contributed by atoms with Crippen LogP contribution in [0.3, 0.4) is 0 Å². The molecule has 9 heteroatoms. The van der Waals surface area contributed by atoms with E-state index in [1.165, 1.54) is 11.3 Å². The van der Waals surface area contributed by atoms with Crippen molar-refractivity contribution < 1.29 is 9.53 Å². The number of carbonyl (C=O) groups excluding carboxylic acids is 1. The molecule has 3 heterocycles. The van der Waals surface area contributed by atoms with Crippen LogP contribution in [-0.2, 0) is 4.74 Å². The van der Waals surface area contributed by atoms with Gasteiger partial charge in [0.1, 0.15) is 16.2 Å². The molecule has 1 saturated heterocycles. The average Bonchev–Trinajstić information content (AvgIpc) is 2.83. The summed E-state index contributed by atoms with van der Waals surface area (Å²) in [5, 5.41) is 15.6. The first-order chi connectivity index (χ1) is 12.1. The molecule has 0 bridgehead atoms. The Morgan fingerprint density at radius 2 is 2.19 bits per heavy atom. The van der Waals surface area contributed by atoms with E-state index < -0.39 is 11.1 Å². The number of amides is 1. The summed E-state index contributed by atoms with van der Waals surface area (Å²) >= 11 is 7.54. The Morgan fingerprint density at radius 1 is 1.50 bits per heavy atom. The second kappa shape index (κ2) is 6.56. The first-order valence-electron chi connectivity index (χ1n) is 8.17. The normalized spacial score (nSPS) is 16.1. The van der Waals surface area contributed by atoms with Crippen LogP contribution in [-0.4, -0.2) is 45.2 Å². The van der Waals surface area contributed by atoms with Gasteiger partial charge in [-0.2, -0.15) is 5.26 Å². The van der Waals surface area contributed by atoms with E-state index in [1.54, 1.807) is 4.90 Å². The van der Waals surface area contributed by atoms with E-state index in [2.05, 4.69) is 21.4 Å². The van der Waals surface area contributed by atoms with Gasteiger partial charge in [-0.25, -0.2) is 14.8 Å². The molecule has 1 N–H and O–H groups in total.